The maximum absolute atomic E-state index is 12.2. The van der Waals surface area contributed by atoms with Crippen LogP contribution in [-0.2, 0) is 11.3 Å². The highest BCUT2D eigenvalue weighted by Gasteiger charge is 2.08. The van der Waals surface area contributed by atoms with E-state index in [1.807, 2.05) is 47.0 Å². The lowest BCUT2D eigenvalue weighted by molar-refractivity contribution is -0.113. The fraction of sp³-hybridized carbons (Fsp3) is 0.100. The Bertz CT molecular complexity index is 978. The minimum absolute atomic E-state index is 0.263. The molecule has 3 aromatic rings. The van der Waals surface area contributed by atoms with Crippen molar-refractivity contribution in [2.45, 2.75) is 13.5 Å². The first kappa shape index (κ1) is 16.1. The van der Waals surface area contributed by atoms with E-state index in [0.29, 0.717) is 11.3 Å². The molecule has 0 fully saturated rings. The number of rotatable bonds is 4. The summed E-state index contributed by atoms with van der Waals surface area (Å²) in [5, 5.41) is 0. The summed E-state index contributed by atoms with van der Waals surface area (Å²) in [6.45, 7) is 6.50. The van der Waals surface area contributed by atoms with Crippen LogP contribution in [0.4, 0.5) is 0 Å². The Morgan fingerprint density at radius 1 is 1.21 bits per heavy atom. The number of carbonyl (C=O) groups excluding carboxylic acids is 1. The van der Waals surface area contributed by atoms with E-state index in [9.17, 15) is 4.79 Å². The SMILES string of the molecule is C=CCn1c(=NC(=O)/C=C/c2ccccc2)sc2cccc(C)c21. The van der Waals surface area contributed by atoms with Gasteiger partial charge in [0.2, 0.25) is 0 Å². The normalized spacial score (nSPS) is 12.1. The first-order valence-corrected chi connectivity index (χ1v) is 8.52. The van der Waals surface area contributed by atoms with Gasteiger partial charge in [-0.05, 0) is 30.2 Å². The first-order chi connectivity index (χ1) is 11.7. The van der Waals surface area contributed by atoms with Crippen molar-refractivity contribution in [1.29, 1.82) is 0 Å². The highest BCUT2D eigenvalue weighted by Crippen LogP contribution is 2.20. The van der Waals surface area contributed by atoms with Crippen molar-refractivity contribution in [2.75, 3.05) is 0 Å². The number of allylic oxidation sites excluding steroid dienone is 1. The van der Waals surface area contributed by atoms with Crippen molar-refractivity contribution in [1.82, 2.24) is 4.57 Å². The topological polar surface area (TPSA) is 34.4 Å². The first-order valence-electron chi connectivity index (χ1n) is 7.70. The second kappa shape index (κ2) is 7.23. The van der Waals surface area contributed by atoms with Crippen LogP contribution in [0.1, 0.15) is 11.1 Å². The third-order valence-corrected chi connectivity index (χ3v) is 4.68. The van der Waals surface area contributed by atoms with Gasteiger partial charge in [0.25, 0.3) is 5.91 Å². The molecule has 0 aliphatic heterocycles. The Kier molecular flexibility index (Phi) is 4.87. The fourth-order valence-electron chi connectivity index (χ4n) is 2.55. The molecule has 2 aromatic carbocycles. The van der Waals surface area contributed by atoms with Gasteiger partial charge in [-0.1, -0.05) is 59.9 Å². The van der Waals surface area contributed by atoms with Gasteiger partial charge in [0.1, 0.15) is 0 Å². The Morgan fingerprint density at radius 3 is 2.75 bits per heavy atom. The van der Waals surface area contributed by atoms with Gasteiger partial charge in [-0.25, -0.2) is 0 Å². The lowest BCUT2D eigenvalue weighted by Gasteiger charge is -2.03. The zero-order valence-corrected chi connectivity index (χ0v) is 14.3. The number of thiazole rings is 1. The predicted molar refractivity (Wildman–Crippen MR) is 101 cm³/mol. The van der Waals surface area contributed by atoms with E-state index >= 15 is 0 Å². The summed E-state index contributed by atoms with van der Waals surface area (Å²) >= 11 is 1.52. The summed E-state index contributed by atoms with van der Waals surface area (Å²) in [5.74, 6) is -0.263. The molecule has 0 spiro atoms. The van der Waals surface area contributed by atoms with Gasteiger partial charge in [-0.2, -0.15) is 4.99 Å². The van der Waals surface area contributed by atoms with Gasteiger partial charge in [-0.3, -0.25) is 4.79 Å². The number of nitrogens with zero attached hydrogens (tertiary/aromatic N) is 2. The Labute approximate surface area is 144 Å². The van der Waals surface area contributed by atoms with Crippen LogP contribution in [0.25, 0.3) is 16.3 Å². The summed E-state index contributed by atoms with van der Waals surface area (Å²) < 4.78 is 3.16. The van der Waals surface area contributed by atoms with E-state index < -0.39 is 0 Å². The molecule has 0 N–H and O–H groups in total. The number of carbonyl (C=O) groups is 1. The lowest BCUT2D eigenvalue weighted by Crippen LogP contribution is -2.16. The van der Waals surface area contributed by atoms with Crippen LogP contribution < -0.4 is 4.80 Å². The molecule has 1 aromatic heterocycles. The van der Waals surface area contributed by atoms with E-state index in [1.54, 1.807) is 6.08 Å². The highest BCUT2D eigenvalue weighted by atomic mass is 32.1. The second-order valence-corrected chi connectivity index (χ2v) is 6.41. The predicted octanol–water partition coefficient (Wildman–Crippen LogP) is 4.34. The van der Waals surface area contributed by atoms with Gasteiger partial charge >= 0.3 is 0 Å². The molecule has 0 bridgehead atoms. The molecule has 0 unspecified atom stereocenters. The third-order valence-electron chi connectivity index (χ3n) is 3.64. The van der Waals surface area contributed by atoms with Crippen molar-refractivity contribution in [3.05, 3.63) is 83.2 Å². The molecule has 0 atom stereocenters. The maximum Gasteiger partial charge on any atom is 0.272 e. The van der Waals surface area contributed by atoms with Gasteiger partial charge < -0.3 is 4.57 Å². The monoisotopic (exact) mass is 334 g/mol. The summed E-state index contributed by atoms with van der Waals surface area (Å²) in [6.07, 6.45) is 5.11. The highest BCUT2D eigenvalue weighted by molar-refractivity contribution is 7.16. The van der Waals surface area contributed by atoms with Crippen LogP contribution in [0, 0.1) is 6.92 Å². The Balaban J connectivity index is 2.01. The van der Waals surface area contributed by atoms with E-state index in [2.05, 4.69) is 30.6 Å². The van der Waals surface area contributed by atoms with Crippen molar-refractivity contribution >= 4 is 33.5 Å². The molecule has 0 radical (unpaired) electrons. The van der Waals surface area contributed by atoms with E-state index in [0.717, 1.165) is 15.8 Å². The zero-order chi connectivity index (χ0) is 16.9. The van der Waals surface area contributed by atoms with Crippen LogP contribution in [0.2, 0.25) is 0 Å². The average Bonchev–Trinajstić information content (AvgIpc) is 2.93. The van der Waals surface area contributed by atoms with Crippen molar-refractivity contribution in [2.24, 2.45) is 4.99 Å². The van der Waals surface area contributed by atoms with Crippen LogP contribution in [0.15, 0.2) is 72.3 Å². The number of benzene rings is 2. The molecular weight excluding hydrogens is 316 g/mol. The maximum atomic E-state index is 12.2. The van der Waals surface area contributed by atoms with Crippen LogP contribution in [0.3, 0.4) is 0 Å². The smallest absolute Gasteiger partial charge is 0.272 e. The quantitative estimate of drug-likeness (QED) is 0.516. The van der Waals surface area contributed by atoms with E-state index in [1.165, 1.54) is 23.0 Å². The number of aromatic nitrogens is 1. The molecule has 0 aliphatic carbocycles. The fourth-order valence-corrected chi connectivity index (χ4v) is 3.68. The number of aryl methyl sites for hydroxylation is 1. The summed E-state index contributed by atoms with van der Waals surface area (Å²) in [7, 11) is 0. The largest absolute Gasteiger partial charge is 0.312 e. The third kappa shape index (κ3) is 3.44. The number of hydrogen-bond acceptors (Lipinski definition) is 2. The molecule has 1 amide bonds. The number of hydrogen-bond donors (Lipinski definition) is 0. The van der Waals surface area contributed by atoms with Crippen molar-refractivity contribution in [3.63, 3.8) is 0 Å². The summed E-state index contributed by atoms with van der Waals surface area (Å²) in [4.78, 5) is 17.2. The van der Waals surface area contributed by atoms with Crippen LogP contribution in [0.5, 0.6) is 0 Å². The van der Waals surface area contributed by atoms with Gasteiger partial charge in [0, 0.05) is 12.6 Å². The molecule has 3 nitrogen and oxygen atoms in total. The molecule has 0 saturated carbocycles. The summed E-state index contributed by atoms with van der Waals surface area (Å²) in [5.41, 5.74) is 3.26. The summed E-state index contributed by atoms with van der Waals surface area (Å²) in [6, 6.07) is 15.9. The molecule has 1 heterocycles. The minimum atomic E-state index is -0.263. The molecular formula is C20H18N2OS. The van der Waals surface area contributed by atoms with Crippen LogP contribution in [-0.4, -0.2) is 10.5 Å². The van der Waals surface area contributed by atoms with Crippen molar-refractivity contribution in [3.8, 4) is 0 Å². The molecule has 0 aliphatic rings. The second-order valence-electron chi connectivity index (χ2n) is 5.40. The van der Waals surface area contributed by atoms with Gasteiger partial charge in [0.05, 0.1) is 10.2 Å². The molecule has 3 rings (SSSR count). The minimum Gasteiger partial charge on any atom is -0.312 e. The van der Waals surface area contributed by atoms with Crippen molar-refractivity contribution < 1.29 is 4.79 Å². The van der Waals surface area contributed by atoms with Crippen LogP contribution >= 0.6 is 11.3 Å². The number of fused-ring (bicyclic) bond motifs is 1. The van der Waals surface area contributed by atoms with E-state index in [4.69, 9.17) is 0 Å². The number of amides is 1. The van der Waals surface area contributed by atoms with Gasteiger partial charge in [-0.15, -0.1) is 6.58 Å². The molecule has 120 valence electrons. The molecule has 0 saturated heterocycles. The standard InChI is InChI=1S/C20H18N2OS/c1-3-14-22-19-15(2)8-7-11-17(19)24-20(22)21-18(23)13-12-16-9-5-4-6-10-16/h3-13H,1,14H2,2H3/b13-12+,21-20?. The van der Waals surface area contributed by atoms with Gasteiger partial charge in [0.15, 0.2) is 4.80 Å². The Hall–Kier alpha value is -2.72. The molecule has 24 heavy (non-hydrogen) atoms. The van der Waals surface area contributed by atoms with E-state index in [-0.39, 0.29) is 5.91 Å². The number of para-hydroxylation sites is 1. The molecule has 4 heteroatoms. The zero-order valence-electron chi connectivity index (χ0n) is 13.5. The lowest BCUT2D eigenvalue weighted by atomic mass is 10.2. The average molecular weight is 334 g/mol. The Morgan fingerprint density at radius 2 is 2.00 bits per heavy atom.